The van der Waals surface area contributed by atoms with E-state index in [1.165, 1.54) is 0 Å². The van der Waals surface area contributed by atoms with Crippen LogP contribution >= 0.6 is 11.6 Å². The van der Waals surface area contributed by atoms with Gasteiger partial charge < -0.3 is 10.1 Å². The molecule has 0 bridgehead atoms. The molecule has 20 heavy (non-hydrogen) atoms. The SMILES string of the molecule is CCCCCNC(=O)C(C)Oc1cc(C)c(Cl)c(C)c1. The second-order valence-electron chi connectivity index (χ2n) is 5.13. The summed E-state index contributed by atoms with van der Waals surface area (Å²) in [5.41, 5.74) is 1.91. The molecule has 4 heteroatoms. The lowest BCUT2D eigenvalue weighted by Gasteiger charge is -2.16. The zero-order valence-electron chi connectivity index (χ0n) is 12.8. The van der Waals surface area contributed by atoms with Crippen LogP contribution in [0.3, 0.4) is 0 Å². The lowest BCUT2D eigenvalue weighted by atomic mass is 10.1. The van der Waals surface area contributed by atoms with Gasteiger partial charge in [0.25, 0.3) is 5.91 Å². The van der Waals surface area contributed by atoms with Crippen LogP contribution in [-0.4, -0.2) is 18.6 Å². The molecule has 3 nitrogen and oxygen atoms in total. The smallest absolute Gasteiger partial charge is 0.260 e. The predicted molar refractivity (Wildman–Crippen MR) is 83.6 cm³/mol. The van der Waals surface area contributed by atoms with E-state index in [0.29, 0.717) is 12.3 Å². The molecule has 1 amide bonds. The fourth-order valence-corrected chi connectivity index (χ4v) is 2.07. The third-order valence-electron chi connectivity index (χ3n) is 3.17. The van der Waals surface area contributed by atoms with E-state index >= 15 is 0 Å². The van der Waals surface area contributed by atoms with E-state index < -0.39 is 6.10 Å². The van der Waals surface area contributed by atoms with Crippen molar-refractivity contribution in [2.24, 2.45) is 0 Å². The van der Waals surface area contributed by atoms with Crippen LogP contribution < -0.4 is 10.1 Å². The van der Waals surface area contributed by atoms with Gasteiger partial charge in [0.2, 0.25) is 0 Å². The average Bonchev–Trinajstić information content (AvgIpc) is 2.40. The van der Waals surface area contributed by atoms with Gasteiger partial charge in [0.15, 0.2) is 6.10 Å². The summed E-state index contributed by atoms with van der Waals surface area (Å²) < 4.78 is 5.68. The van der Waals surface area contributed by atoms with E-state index in [9.17, 15) is 4.79 Å². The molecule has 112 valence electrons. The topological polar surface area (TPSA) is 38.3 Å². The Hall–Kier alpha value is -1.22. The number of amides is 1. The highest BCUT2D eigenvalue weighted by molar-refractivity contribution is 6.32. The van der Waals surface area contributed by atoms with Crippen LogP contribution in [0.2, 0.25) is 5.02 Å². The molecule has 1 N–H and O–H groups in total. The lowest BCUT2D eigenvalue weighted by Crippen LogP contribution is -2.36. The van der Waals surface area contributed by atoms with Crippen molar-refractivity contribution in [1.82, 2.24) is 5.32 Å². The molecule has 0 radical (unpaired) electrons. The Morgan fingerprint density at radius 2 is 1.90 bits per heavy atom. The predicted octanol–water partition coefficient (Wildman–Crippen LogP) is 4.03. The molecule has 0 aromatic heterocycles. The van der Waals surface area contributed by atoms with Gasteiger partial charge in [-0.1, -0.05) is 31.4 Å². The standard InChI is InChI=1S/C16H24ClNO2/c1-5-6-7-8-18-16(19)13(4)20-14-9-11(2)15(17)12(3)10-14/h9-10,13H,5-8H2,1-4H3,(H,18,19). The van der Waals surface area contributed by atoms with Gasteiger partial charge in [-0.15, -0.1) is 0 Å². The van der Waals surface area contributed by atoms with E-state index in [1.54, 1.807) is 6.92 Å². The van der Waals surface area contributed by atoms with Crippen LogP contribution in [-0.2, 0) is 4.79 Å². The molecule has 1 atom stereocenters. The first-order valence-corrected chi connectivity index (χ1v) is 7.54. The van der Waals surface area contributed by atoms with Gasteiger partial charge in [-0.05, 0) is 50.5 Å². The molecule has 0 fully saturated rings. The Labute approximate surface area is 126 Å². The van der Waals surface area contributed by atoms with Crippen LogP contribution in [0.25, 0.3) is 0 Å². The molecule has 0 saturated heterocycles. The molecule has 0 aliphatic rings. The summed E-state index contributed by atoms with van der Waals surface area (Å²) in [6, 6.07) is 3.71. The van der Waals surface area contributed by atoms with E-state index in [-0.39, 0.29) is 5.91 Å². The molecule has 1 unspecified atom stereocenters. The van der Waals surface area contributed by atoms with Crippen molar-refractivity contribution < 1.29 is 9.53 Å². The van der Waals surface area contributed by atoms with Gasteiger partial charge in [0, 0.05) is 11.6 Å². The van der Waals surface area contributed by atoms with Gasteiger partial charge in [0.1, 0.15) is 5.75 Å². The zero-order valence-corrected chi connectivity index (χ0v) is 13.5. The number of ether oxygens (including phenoxy) is 1. The van der Waals surface area contributed by atoms with E-state index in [4.69, 9.17) is 16.3 Å². The summed E-state index contributed by atoms with van der Waals surface area (Å²) >= 11 is 6.11. The van der Waals surface area contributed by atoms with Crippen LogP contribution in [0.5, 0.6) is 5.75 Å². The highest BCUT2D eigenvalue weighted by atomic mass is 35.5. The van der Waals surface area contributed by atoms with Gasteiger partial charge in [-0.25, -0.2) is 0 Å². The first kappa shape index (κ1) is 16.8. The average molecular weight is 298 g/mol. The van der Waals surface area contributed by atoms with Crippen LogP contribution in [0.1, 0.15) is 44.2 Å². The number of aryl methyl sites for hydroxylation is 2. The first-order chi connectivity index (χ1) is 9.45. The minimum Gasteiger partial charge on any atom is -0.481 e. The number of carbonyl (C=O) groups excluding carboxylic acids is 1. The number of halogens is 1. The second-order valence-corrected chi connectivity index (χ2v) is 5.51. The number of benzene rings is 1. The van der Waals surface area contributed by atoms with Gasteiger partial charge in [0.05, 0.1) is 0 Å². The molecular formula is C16H24ClNO2. The van der Waals surface area contributed by atoms with Crippen LogP contribution in [0.15, 0.2) is 12.1 Å². The van der Waals surface area contributed by atoms with Crippen molar-refractivity contribution in [3.63, 3.8) is 0 Å². The number of unbranched alkanes of at least 4 members (excludes halogenated alkanes) is 2. The molecule has 0 saturated carbocycles. The van der Waals surface area contributed by atoms with Crippen molar-refractivity contribution in [2.45, 2.75) is 53.1 Å². The highest BCUT2D eigenvalue weighted by Gasteiger charge is 2.14. The summed E-state index contributed by atoms with van der Waals surface area (Å²) in [4.78, 5) is 11.9. The lowest BCUT2D eigenvalue weighted by molar-refractivity contribution is -0.127. The fourth-order valence-electron chi connectivity index (χ4n) is 1.96. The van der Waals surface area contributed by atoms with E-state index in [2.05, 4.69) is 12.2 Å². The Kier molecular flexibility index (Phi) is 6.86. The third-order valence-corrected chi connectivity index (χ3v) is 3.77. The van der Waals surface area contributed by atoms with Crippen molar-refractivity contribution >= 4 is 17.5 Å². The van der Waals surface area contributed by atoms with Crippen molar-refractivity contribution in [2.75, 3.05) is 6.54 Å². The summed E-state index contributed by atoms with van der Waals surface area (Å²) in [5.74, 6) is 0.604. The number of nitrogens with one attached hydrogen (secondary N) is 1. The molecule has 0 spiro atoms. The Balaban J connectivity index is 2.53. The van der Waals surface area contributed by atoms with Crippen LogP contribution in [0, 0.1) is 13.8 Å². The van der Waals surface area contributed by atoms with Gasteiger partial charge in [-0.3, -0.25) is 4.79 Å². The maximum atomic E-state index is 11.9. The fraction of sp³-hybridized carbons (Fsp3) is 0.562. The van der Waals surface area contributed by atoms with Crippen molar-refractivity contribution in [3.05, 3.63) is 28.3 Å². The summed E-state index contributed by atoms with van der Waals surface area (Å²) in [6.45, 7) is 8.46. The first-order valence-electron chi connectivity index (χ1n) is 7.16. The summed E-state index contributed by atoms with van der Waals surface area (Å²) in [5, 5.41) is 3.63. The van der Waals surface area contributed by atoms with Gasteiger partial charge in [-0.2, -0.15) is 0 Å². The molecular weight excluding hydrogens is 274 g/mol. The highest BCUT2D eigenvalue weighted by Crippen LogP contribution is 2.26. The largest absolute Gasteiger partial charge is 0.481 e. The minimum absolute atomic E-state index is 0.0774. The molecule has 0 aliphatic carbocycles. The monoisotopic (exact) mass is 297 g/mol. The molecule has 0 heterocycles. The normalized spacial score (nSPS) is 12.1. The maximum absolute atomic E-state index is 11.9. The van der Waals surface area contributed by atoms with Crippen LogP contribution in [0.4, 0.5) is 0 Å². The minimum atomic E-state index is -0.503. The number of hydrogen-bond acceptors (Lipinski definition) is 2. The number of rotatable bonds is 7. The molecule has 1 aromatic rings. The third kappa shape index (κ3) is 5.04. The number of hydrogen-bond donors (Lipinski definition) is 1. The van der Waals surface area contributed by atoms with Crippen molar-refractivity contribution in [1.29, 1.82) is 0 Å². The summed E-state index contributed by atoms with van der Waals surface area (Å²) in [7, 11) is 0. The Morgan fingerprint density at radius 3 is 2.45 bits per heavy atom. The number of carbonyl (C=O) groups is 1. The molecule has 0 aliphatic heterocycles. The zero-order chi connectivity index (χ0) is 15.1. The van der Waals surface area contributed by atoms with E-state index in [0.717, 1.165) is 35.4 Å². The van der Waals surface area contributed by atoms with Crippen molar-refractivity contribution in [3.8, 4) is 5.75 Å². The van der Waals surface area contributed by atoms with E-state index in [1.807, 2.05) is 26.0 Å². The Morgan fingerprint density at radius 1 is 1.30 bits per heavy atom. The Bertz CT molecular complexity index is 437. The summed E-state index contributed by atoms with van der Waals surface area (Å²) in [6.07, 6.45) is 2.78. The second kappa shape index (κ2) is 8.15. The van der Waals surface area contributed by atoms with Gasteiger partial charge >= 0.3 is 0 Å². The molecule has 1 rings (SSSR count). The molecule has 1 aromatic carbocycles. The maximum Gasteiger partial charge on any atom is 0.260 e. The quantitative estimate of drug-likeness (QED) is 0.772.